The van der Waals surface area contributed by atoms with Crippen molar-refractivity contribution in [3.05, 3.63) is 6.54 Å². The van der Waals surface area contributed by atoms with Crippen molar-refractivity contribution in [1.82, 2.24) is 4.90 Å². The maximum Gasteiger partial charge on any atom is 0.0987 e. The molecule has 0 amide bonds. The van der Waals surface area contributed by atoms with Crippen molar-refractivity contribution in [2.24, 2.45) is 0 Å². The minimum atomic E-state index is 0.835. The van der Waals surface area contributed by atoms with E-state index >= 15 is 0 Å². The molecule has 2 nitrogen and oxygen atoms in total. The van der Waals surface area contributed by atoms with Gasteiger partial charge in [-0.15, -0.1) is 5.92 Å². The fourth-order valence-corrected chi connectivity index (χ4v) is 0.862. The van der Waals surface area contributed by atoms with E-state index in [9.17, 15) is 0 Å². The van der Waals surface area contributed by atoms with E-state index in [1.165, 1.54) is 0 Å². The first kappa shape index (κ1) is 7.59. The van der Waals surface area contributed by atoms with E-state index in [4.69, 9.17) is 4.74 Å². The number of rotatable bonds is 1. The molecule has 1 aliphatic rings. The fraction of sp³-hybridized carbons (Fsp3) is 0.625. The molecule has 1 rings (SSSR count). The lowest BCUT2D eigenvalue weighted by Gasteiger charge is -2.23. The van der Waals surface area contributed by atoms with Gasteiger partial charge in [0.25, 0.3) is 0 Å². The molecule has 0 N–H and O–H groups in total. The zero-order valence-corrected chi connectivity index (χ0v) is 6.26. The van der Waals surface area contributed by atoms with Crippen molar-refractivity contribution in [3.8, 4) is 11.8 Å². The number of nitrogens with zero attached hydrogens (tertiary/aromatic N) is 1. The zero-order valence-electron chi connectivity index (χ0n) is 6.26. The van der Waals surface area contributed by atoms with Gasteiger partial charge in [-0.2, -0.15) is 0 Å². The summed E-state index contributed by atoms with van der Waals surface area (Å²) in [5.74, 6) is 5.74. The van der Waals surface area contributed by atoms with Gasteiger partial charge in [0.2, 0.25) is 0 Å². The van der Waals surface area contributed by atoms with Gasteiger partial charge in [0.1, 0.15) is 0 Å². The van der Waals surface area contributed by atoms with Gasteiger partial charge in [-0.05, 0) is 6.92 Å². The number of ether oxygens (including phenoxy) is 1. The summed E-state index contributed by atoms with van der Waals surface area (Å²) in [6.07, 6.45) is 0. The highest BCUT2D eigenvalue weighted by Crippen LogP contribution is 1.97. The lowest BCUT2D eigenvalue weighted by Crippen LogP contribution is -2.33. The Bertz CT molecular complexity index is 139. The molecule has 55 valence electrons. The summed E-state index contributed by atoms with van der Waals surface area (Å²) in [7, 11) is 0. The van der Waals surface area contributed by atoms with Crippen molar-refractivity contribution in [2.75, 3.05) is 26.3 Å². The highest BCUT2D eigenvalue weighted by atomic mass is 16.5. The Hall–Kier alpha value is -0.520. The Morgan fingerprint density at radius 3 is 2.70 bits per heavy atom. The molecule has 0 saturated carbocycles. The summed E-state index contributed by atoms with van der Waals surface area (Å²) in [6, 6.07) is 0. The van der Waals surface area contributed by atoms with Crippen LogP contribution in [0.15, 0.2) is 0 Å². The van der Waals surface area contributed by atoms with Crippen LogP contribution in [0.25, 0.3) is 0 Å². The second kappa shape index (κ2) is 4.32. The Kier molecular flexibility index (Phi) is 3.28. The van der Waals surface area contributed by atoms with Crippen molar-refractivity contribution < 1.29 is 4.74 Å². The molecular weight excluding hydrogens is 126 g/mol. The van der Waals surface area contributed by atoms with Gasteiger partial charge in [-0.1, -0.05) is 5.92 Å². The maximum atomic E-state index is 5.17. The Labute approximate surface area is 62.2 Å². The largest absolute Gasteiger partial charge is 0.379 e. The smallest absolute Gasteiger partial charge is 0.0987 e. The molecule has 0 aromatic heterocycles. The number of morpholine rings is 1. The Morgan fingerprint density at radius 1 is 1.40 bits per heavy atom. The molecule has 0 unspecified atom stereocenters. The van der Waals surface area contributed by atoms with Crippen LogP contribution in [0, 0.1) is 18.4 Å². The van der Waals surface area contributed by atoms with Gasteiger partial charge in [-0.25, -0.2) is 0 Å². The Balaban J connectivity index is 2.17. The molecule has 2 heteroatoms. The molecular formula is C8H12NO. The van der Waals surface area contributed by atoms with Crippen LogP contribution in [0.2, 0.25) is 0 Å². The summed E-state index contributed by atoms with van der Waals surface area (Å²) < 4.78 is 5.17. The SMILES string of the molecule is CC#C[CH]N1CCOCC1. The maximum absolute atomic E-state index is 5.17. The predicted molar refractivity (Wildman–Crippen MR) is 40.1 cm³/mol. The molecule has 1 radical (unpaired) electrons. The van der Waals surface area contributed by atoms with E-state index in [0.29, 0.717) is 0 Å². The van der Waals surface area contributed by atoms with Crippen LogP contribution in [-0.2, 0) is 4.74 Å². The zero-order chi connectivity index (χ0) is 7.23. The van der Waals surface area contributed by atoms with Gasteiger partial charge >= 0.3 is 0 Å². The molecule has 0 spiro atoms. The minimum absolute atomic E-state index is 0.835. The lowest BCUT2D eigenvalue weighted by atomic mass is 10.4. The van der Waals surface area contributed by atoms with E-state index in [2.05, 4.69) is 16.7 Å². The second-order valence-corrected chi connectivity index (χ2v) is 2.17. The van der Waals surface area contributed by atoms with Crippen molar-refractivity contribution in [3.63, 3.8) is 0 Å². The monoisotopic (exact) mass is 138 g/mol. The van der Waals surface area contributed by atoms with Crippen molar-refractivity contribution in [2.45, 2.75) is 6.92 Å². The van der Waals surface area contributed by atoms with E-state index in [0.717, 1.165) is 26.3 Å². The minimum Gasteiger partial charge on any atom is -0.379 e. The van der Waals surface area contributed by atoms with E-state index < -0.39 is 0 Å². The molecule has 1 saturated heterocycles. The van der Waals surface area contributed by atoms with Crippen molar-refractivity contribution in [1.29, 1.82) is 0 Å². The molecule has 0 atom stereocenters. The van der Waals surface area contributed by atoms with Crippen LogP contribution in [-0.4, -0.2) is 31.2 Å². The van der Waals surface area contributed by atoms with Crippen LogP contribution >= 0.6 is 0 Å². The van der Waals surface area contributed by atoms with E-state index in [1.54, 1.807) is 0 Å². The normalized spacial score (nSPS) is 19.7. The van der Waals surface area contributed by atoms with Crippen LogP contribution < -0.4 is 0 Å². The van der Waals surface area contributed by atoms with Gasteiger partial charge in [0.15, 0.2) is 0 Å². The van der Waals surface area contributed by atoms with Gasteiger partial charge in [-0.3, -0.25) is 4.90 Å². The van der Waals surface area contributed by atoms with Crippen molar-refractivity contribution >= 4 is 0 Å². The van der Waals surface area contributed by atoms with Crippen LogP contribution in [0.1, 0.15) is 6.92 Å². The lowest BCUT2D eigenvalue weighted by molar-refractivity contribution is 0.0542. The average Bonchev–Trinajstić information content (AvgIpc) is 2.03. The summed E-state index contributed by atoms with van der Waals surface area (Å²) in [5, 5.41) is 0. The van der Waals surface area contributed by atoms with Crippen LogP contribution in [0.3, 0.4) is 0 Å². The first-order valence-corrected chi connectivity index (χ1v) is 3.51. The van der Waals surface area contributed by atoms with Crippen LogP contribution in [0.4, 0.5) is 0 Å². The average molecular weight is 138 g/mol. The van der Waals surface area contributed by atoms with E-state index in [1.807, 2.05) is 13.5 Å². The first-order valence-electron chi connectivity index (χ1n) is 3.51. The molecule has 1 aliphatic heterocycles. The standard InChI is InChI=1S/C8H12NO/c1-2-3-4-9-5-7-10-8-6-9/h4H,5-8H2,1H3. The molecule has 1 heterocycles. The third-order valence-corrected chi connectivity index (χ3v) is 1.44. The summed E-state index contributed by atoms with van der Waals surface area (Å²) in [4.78, 5) is 2.18. The summed E-state index contributed by atoms with van der Waals surface area (Å²) >= 11 is 0. The van der Waals surface area contributed by atoms with Gasteiger partial charge in [0, 0.05) is 13.1 Å². The predicted octanol–water partition coefficient (Wildman–Crippen LogP) is 0.504. The third kappa shape index (κ3) is 2.38. The summed E-state index contributed by atoms with van der Waals surface area (Å²) in [5.41, 5.74) is 0. The highest BCUT2D eigenvalue weighted by molar-refractivity contribution is 5.06. The highest BCUT2D eigenvalue weighted by Gasteiger charge is 2.07. The van der Waals surface area contributed by atoms with Gasteiger partial charge < -0.3 is 4.74 Å². The molecule has 1 fully saturated rings. The topological polar surface area (TPSA) is 12.5 Å². The molecule has 10 heavy (non-hydrogen) atoms. The fourth-order valence-electron chi connectivity index (χ4n) is 0.862. The number of hydrogen-bond donors (Lipinski definition) is 0. The first-order chi connectivity index (χ1) is 4.93. The van der Waals surface area contributed by atoms with E-state index in [-0.39, 0.29) is 0 Å². The summed E-state index contributed by atoms with van der Waals surface area (Å²) in [6.45, 7) is 7.41. The molecule has 0 aromatic rings. The molecule has 0 bridgehead atoms. The molecule has 0 aromatic carbocycles. The quantitative estimate of drug-likeness (QED) is 0.489. The van der Waals surface area contributed by atoms with Crippen LogP contribution in [0.5, 0.6) is 0 Å². The van der Waals surface area contributed by atoms with Gasteiger partial charge in [0.05, 0.1) is 19.8 Å². The Morgan fingerprint density at radius 2 is 2.10 bits per heavy atom. The number of hydrogen-bond acceptors (Lipinski definition) is 2. The third-order valence-electron chi connectivity index (χ3n) is 1.44. The molecule has 0 aliphatic carbocycles. The second-order valence-electron chi connectivity index (χ2n) is 2.17.